The smallest absolute Gasteiger partial charge is 0.0329 e. The van der Waals surface area contributed by atoms with Crippen LogP contribution >= 0.6 is 0 Å². The van der Waals surface area contributed by atoms with Crippen molar-refractivity contribution in [2.75, 3.05) is 26.2 Å². The van der Waals surface area contributed by atoms with Crippen molar-refractivity contribution in [3.8, 4) is 0 Å². The highest BCUT2D eigenvalue weighted by molar-refractivity contribution is 5.11. The molecule has 0 aromatic carbocycles. The number of fused-ring (bicyclic) bond motifs is 4. The molecule has 1 aliphatic carbocycles. The summed E-state index contributed by atoms with van der Waals surface area (Å²) >= 11 is 0. The molecule has 4 nitrogen and oxygen atoms in total. The number of likely N-dealkylation sites (tertiary alicyclic amines) is 2. The zero-order valence-electron chi connectivity index (χ0n) is 17.1. The molecular formula is C21H40N4. The molecule has 0 spiro atoms. The lowest BCUT2D eigenvalue weighted by Crippen LogP contribution is -2.66. The minimum absolute atomic E-state index is 0.254. The molecule has 3 N–H and O–H groups in total. The van der Waals surface area contributed by atoms with Gasteiger partial charge in [0.05, 0.1) is 0 Å². The number of piperidine rings is 1. The molecule has 0 amide bonds. The van der Waals surface area contributed by atoms with Gasteiger partial charge in [-0.05, 0) is 78.6 Å². The molecule has 5 atom stereocenters. The van der Waals surface area contributed by atoms with E-state index in [1.807, 2.05) is 0 Å². The molecule has 0 aromatic heterocycles. The average Bonchev–Trinajstić information content (AvgIpc) is 2.88. The summed E-state index contributed by atoms with van der Waals surface area (Å²) in [5.74, 6) is 1.47. The molecule has 3 unspecified atom stereocenters. The van der Waals surface area contributed by atoms with Gasteiger partial charge in [0.25, 0.3) is 0 Å². The Morgan fingerprint density at radius 1 is 0.960 bits per heavy atom. The highest BCUT2D eigenvalue weighted by atomic mass is 15.3. The van der Waals surface area contributed by atoms with Gasteiger partial charge < -0.3 is 11.1 Å². The van der Waals surface area contributed by atoms with Gasteiger partial charge in [0.15, 0.2) is 0 Å². The maximum absolute atomic E-state index is 6.45. The van der Waals surface area contributed by atoms with Crippen molar-refractivity contribution in [2.24, 2.45) is 17.6 Å². The Bertz CT molecular complexity index is 497. The Hall–Kier alpha value is -0.160. The monoisotopic (exact) mass is 348 g/mol. The summed E-state index contributed by atoms with van der Waals surface area (Å²) in [6.45, 7) is 17.0. The highest BCUT2D eigenvalue weighted by Gasteiger charge is 2.51. The summed E-state index contributed by atoms with van der Waals surface area (Å²) in [5.41, 5.74) is 7.29. The Balaban J connectivity index is 1.48. The summed E-state index contributed by atoms with van der Waals surface area (Å²) in [7, 11) is 0. The van der Waals surface area contributed by atoms with Gasteiger partial charge in [-0.15, -0.1) is 0 Å². The van der Waals surface area contributed by atoms with E-state index in [0.29, 0.717) is 17.6 Å². The second-order valence-corrected chi connectivity index (χ2v) is 11.3. The van der Waals surface area contributed by atoms with Crippen molar-refractivity contribution in [2.45, 2.75) is 95.4 Å². The van der Waals surface area contributed by atoms with Crippen LogP contribution in [0.1, 0.15) is 66.7 Å². The second-order valence-electron chi connectivity index (χ2n) is 11.3. The number of nitrogens with zero attached hydrogens (tertiary/aromatic N) is 2. The van der Waals surface area contributed by atoms with Gasteiger partial charge in [-0.25, -0.2) is 0 Å². The maximum atomic E-state index is 6.45. The number of piperazine rings is 1. The van der Waals surface area contributed by atoms with Crippen LogP contribution in [0.25, 0.3) is 0 Å². The molecule has 4 bridgehead atoms. The zero-order chi connectivity index (χ0) is 18.0. The van der Waals surface area contributed by atoms with Crippen molar-refractivity contribution in [1.29, 1.82) is 0 Å². The molecule has 3 heterocycles. The standard InChI is InChI=1S/C21H40N4/c1-19(2,3)25-12-17-8-9-21(14-25,23-17)13-20(4,5)24-10-15-6-7-16(11-24)18(15)22/h15-18,23H,6-14,22H2,1-5H3/t15-,16+,17?,18?,21?. The SMILES string of the molecule is CC(C)(C)N1CC2CCC(CC(C)(C)N3C[C@H]4CC[C@@H](C3)C4N)(C1)N2. The first-order valence-electron chi connectivity index (χ1n) is 10.6. The number of nitrogens with one attached hydrogen (secondary N) is 1. The highest BCUT2D eigenvalue weighted by Crippen LogP contribution is 2.43. The lowest BCUT2D eigenvalue weighted by molar-refractivity contribution is -0.000863. The van der Waals surface area contributed by atoms with Crippen LogP contribution in [0, 0.1) is 11.8 Å². The van der Waals surface area contributed by atoms with Crippen molar-refractivity contribution in [3.05, 3.63) is 0 Å². The van der Waals surface area contributed by atoms with E-state index in [0.717, 1.165) is 11.8 Å². The third-order valence-electron chi connectivity index (χ3n) is 7.90. The van der Waals surface area contributed by atoms with Gasteiger partial charge >= 0.3 is 0 Å². The predicted molar refractivity (Wildman–Crippen MR) is 105 cm³/mol. The minimum atomic E-state index is 0.254. The molecular weight excluding hydrogens is 308 g/mol. The fourth-order valence-electron chi connectivity index (χ4n) is 6.39. The van der Waals surface area contributed by atoms with Crippen molar-refractivity contribution < 1.29 is 0 Å². The van der Waals surface area contributed by atoms with E-state index in [4.69, 9.17) is 5.73 Å². The summed E-state index contributed by atoms with van der Waals surface area (Å²) in [5, 5.41) is 4.05. The lowest BCUT2D eigenvalue weighted by atomic mass is 9.79. The van der Waals surface area contributed by atoms with Crippen LogP contribution in [0.2, 0.25) is 0 Å². The molecule has 0 aromatic rings. The van der Waals surface area contributed by atoms with Crippen LogP contribution < -0.4 is 11.1 Å². The number of hydrogen-bond acceptors (Lipinski definition) is 4. The first-order valence-corrected chi connectivity index (χ1v) is 10.6. The molecule has 1 saturated carbocycles. The van der Waals surface area contributed by atoms with Crippen LogP contribution in [-0.4, -0.2) is 64.7 Å². The molecule has 4 rings (SSSR count). The van der Waals surface area contributed by atoms with Gasteiger partial charge in [-0.1, -0.05) is 0 Å². The van der Waals surface area contributed by atoms with E-state index in [-0.39, 0.29) is 11.1 Å². The first kappa shape index (κ1) is 18.2. The quantitative estimate of drug-likeness (QED) is 0.822. The van der Waals surface area contributed by atoms with Crippen molar-refractivity contribution in [1.82, 2.24) is 15.1 Å². The number of nitrogens with two attached hydrogens (primary N) is 1. The lowest BCUT2D eigenvalue weighted by Gasteiger charge is -2.53. The van der Waals surface area contributed by atoms with Crippen molar-refractivity contribution >= 4 is 0 Å². The third-order valence-corrected chi connectivity index (χ3v) is 7.90. The summed E-state index contributed by atoms with van der Waals surface area (Å²) < 4.78 is 0. The fraction of sp³-hybridized carbons (Fsp3) is 1.00. The number of rotatable bonds is 3. The molecule has 4 fully saturated rings. The fourth-order valence-corrected chi connectivity index (χ4v) is 6.39. The molecule has 144 valence electrons. The second kappa shape index (κ2) is 5.92. The molecule has 3 saturated heterocycles. The summed E-state index contributed by atoms with van der Waals surface area (Å²) in [4.78, 5) is 5.52. The maximum Gasteiger partial charge on any atom is 0.0329 e. The molecule has 0 radical (unpaired) electrons. The van der Waals surface area contributed by atoms with E-state index in [1.165, 1.54) is 58.3 Å². The Labute approximate surface area is 154 Å². The van der Waals surface area contributed by atoms with Crippen LogP contribution in [0.3, 0.4) is 0 Å². The van der Waals surface area contributed by atoms with Crippen LogP contribution in [0.4, 0.5) is 0 Å². The van der Waals surface area contributed by atoms with Gasteiger partial charge in [-0.3, -0.25) is 9.80 Å². The number of hydrogen-bond donors (Lipinski definition) is 2. The van der Waals surface area contributed by atoms with Gasteiger partial charge in [0.2, 0.25) is 0 Å². The largest absolute Gasteiger partial charge is 0.327 e. The molecule has 3 aliphatic heterocycles. The van der Waals surface area contributed by atoms with E-state index in [1.54, 1.807) is 0 Å². The Morgan fingerprint density at radius 2 is 1.60 bits per heavy atom. The first-order chi connectivity index (χ1) is 11.6. The van der Waals surface area contributed by atoms with Crippen LogP contribution in [-0.2, 0) is 0 Å². The molecule has 4 aliphatic rings. The van der Waals surface area contributed by atoms with Gasteiger partial charge in [-0.2, -0.15) is 0 Å². The van der Waals surface area contributed by atoms with E-state index >= 15 is 0 Å². The predicted octanol–water partition coefficient (Wildman–Crippen LogP) is 2.43. The summed E-state index contributed by atoms with van der Waals surface area (Å²) in [6, 6.07) is 1.15. The zero-order valence-corrected chi connectivity index (χ0v) is 17.1. The normalized spacial score (nSPS) is 43.0. The minimum Gasteiger partial charge on any atom is -0.327 e. The Kier molecular flexibility index (Phi) is 4.31. The molecule has 4 heteroatoms. The van der Waals surface area contributed by atoms with Gasteiger partial charge in [0.1, 0.15) is 0 Å². The third kappa shape index (κ3) is 3.28. The van der Waals surface area contributed by atoms with Crippen LogP contribution in [0.5, 0.6) is 0 Å². The summed E-state index contributed by atoms with van der Waals surface area (Å²) in [6.07, 6.45) is 6.65. The Morgan fingerprint density at radius 3 is 2.20 bits per heavy atom. The van der Waals surface area contributed by atoms with Crippen molar-refractivity contribution in [3.63, 3.8) is 0 Å². The average molecular weight is 349 g/mol. The molecule has 25 heavy (non-hydrogen) atoms. The van der Waals surface area contributed by atoms with Crippen LogP contribution in [0.15, 0.2) is 0 Å². The van der Waals surface area contributed by atoms with E-state index in [2.05, 4.69) is 49.7 Å². The van der Waals surface area contributed by atoms with E-state index < -0.39 is 0 Å². The van der Waals surface area contributed by atoms with E-state index in [9.17, 15) is 0 Å². The van der Waals surface area contributed by atoms with Gasteiger partial charge in [0, 0.05) is 54.9 Å². The topological polar surface area (TPSA) is 44.5 Å².